The Morgan fingerprint density at radius 2 is 1.62 bits per heavy atom. The molecule has 0 spiro atoms. The molecule has 0 rings (SSSR count). The monoisotopic (exact) mass is 388 g/mol. The van der Waals surface area contributed by atoms with Gasteiger partial charge in [-0.25, -0.2) is 5.71 Å². The Hall–Kier alpha value is 3.21. The molecule has 0 aromatic carbocycles. The standard InChI is InChI=1S/HI2O4P.K/c1-5-7(3,4)6-2;/h(H,3,4);/q;+1/p-1. The Bertz CT molecular complexity index is 86.0. The first-order chi connectivity index (χ1) is 3.12. The molecule has 0 aromatic rings. The van der Waals surface area contributed by atoms with Gasteiger partial charge in [-0.3, -0.25) is 4.57 Å². The van der Waals surface area contributed by atoms with Crippen molar-refractivity contribution in [3.05, 3.63) is 0 Å². The average molecular weight is 388 g/mol. The van der Waals surface area contributed by atoms with Crippen molar-refractivity contribution in [3.8, 4) is 0 Å². The van der Waals surface area contributed by atoms with Crippen LogP contribution in [0, 0.1) is 0 Å². The van der Waals surface area contributed by atoms with Crippen LogP contribution in [0.5, 0.6) is 0 Å². The van der Waals surface area contributed by atoms with Crippen LogP contribution >= 0.6 is 53.8 Å². The topological polar surface area (TPSA) is 58.6 Å². The molecule has 0 atom stereocenters. The quantitative estimate of drug-likeness (QED) is 0.318. The van der Waals surface area contributed by atoms with E-state index in [0.717, 1.165) is 0 Å². The molecular weight excluding hydrogens is 388 g/mol. The summed E-state index contributed by atoms with van der Waals surface area (Å²) in [6.07, 6.45) is 0. The molecule has 4 nitrogen and oxygen atoms in total. The van der Waals surface area contributed by atoms with Crippen LogP contribution < -0.4 is 56.3 Å². The first-order valence-electron chi connectivity index (χ1n) is 1.04. The fourth-order valence-electron chi connectivity index (χ4n) is 0.0106. The fourth-order valence-corrected chi connectivity index (χ4v) is 1.44. The first kappa shape index (κ1) is 13.8. The van der Waals surface area contributed by atoms with E-state index in [4.69, 9.17) is 0 Å². The smallest absolute Gasteiger partial charge is 0.755 e. The minimum atomic E-state index is -3.93. The molecule has 0 aromatic heterocycles. The first-order valence-corrected chi connectivity index (χ1v) is 4.26. The summed E-state index contributed by atoms with van der Waals surface area (Å²) >= 11 is 2.45. The van der Waals surface area contributed by atoms with Crippen LogP contribution in [0.25, 0.3) is 0 Å². The van der Waals surface area contributed by atoms with E-state index in [9.17, 15) is 9.46 Å². The minimum Gasteiger partial charge on any atom is -0.755 e. The maximum Gasteiger partial charge on any atom is 1.00 e. The van der Waals surface area contributed by atoms with Crippen LogP contribution in [0.15, 0.2) is 0 Å². The molecule has 0 unspecified atom stereocenters. The van der Waals surface area contributed by atoms with Gasteiger partial charge in [-0.2, -0.15) is 0 Å². The minimum absolute atomic E-state index is 0. The summed E-state index contributed by atoms with van der Waals surface area (Å²) in [4.78, 5) is 9.94. The van der Waals surface area contributed by atoms with Crippen molar-refractivity contribution >= 4 is 53.8 Å². The van der Waals surface area contributed by atoms with E-state index in [0.29, 0.717) is 0 Å². The van der Waals surface area contributed by atoms with Crippen LogP contribution in [-0.2, 0) is 10.3 Å². The van der Waals surface area contributed by atoms with Crippen molar-refractivity contribution in [3.63, 3.8) is 0 Å². The molecule has 8 heteroatoms. The van der Waals surface area contributed by atoms with Crippen molar-refractivity contribution in [1.29, 1.82) is 0 Å². The SMILES string of the molecule is O=P([O-])(OI)OI.[K+]. The van der Waals surface area contributed by atoms with Gasteiger partial charge >= 0.3 is 51.4 Å². The van der Waals surface area contributed by atoms with E-state index in [2.05, 4.69) is 5.71 Å². The average Bonchev–Trinajstić information content (AvgIpc) is 1.68. The van der Waals surface area contributed by atoms with E-state index in [1.54, 1.807) is 0 Å². The fraction of sp³-hybridized carbons (Fsp3) is 0. The number of rotatable bonds is 2. The van der Waals surface area contributed by atoms with Gasteiger partial charge in [0.1, 0.15) is 46.0 Å². The zero-order valence-electron chi connectivity index (χ0n) is 3.84. The molecule has 8 heavy (non-hydrogen) atoms. The Labute approximate surface area is 117 Å². The molecule has 0 aliphatic rings. The van der Waals surface area contributed by atoms with Gasteiger partial charge in [0.2, 0.25) is 0 Å². The van der Waals surface area contributed by atoms with Crippen LogP contribution in [0.3, 0.4) is 0 Å². The predicted octanol–water partition coefficient (Wildman–Crippen LogP) is -1.81. The number of halogens is 2. The molecule has 0 heterocycles. The molecule has 0 N–H and O–H groups in total. The summed E-state index contributed by atoms with van der Waals surface area (Å²) in [5, 5.41) is 0. The molecule has 0 saturated carbocycles. The van der Waals surface area contributed by atoms with Crippen molar-refractivity contribution < 1.29 is 66.5 Å². The summed E-state index contributed by atoms with van der Waals surface area (Å²) < 4.78 is 17.6. The molecule has 0 bridgehead atoms. The summed E-state index contributed by atoms with van der Waals surface area (Å²) in [7, 11) is -3.93. The second-order valence-corrected chi connectivity index (χ2v) is 4.12. The van der Waals surface area contributed by atoms with Crippen LogP contribution in [0.4, 0.5) is 0 Å². The molecule has 0 aliphatic carbocycles. The van der Waals surface area contributed by atoms with Crippen molar-refractivity contribution in [2.75, 3.05) is 0 Å². The largest absolute Gasteiger partial charge is 1.00 e. The molecule has 44 valence electrons. The van der Waals surface area contributed by atoms with Gasteiger partial charge in [0.15, 0.2) is 0 Å². The second kappa shape index (κ2) is 6.89. The number of phosphoric acid groups is 1. The Morgan fingerprint density at radius 1 is 1.38 bits per heavy atom. The zero-order chi connectivity index (χ0) is 5.91. The molecular formula is I2KO4P. The normalized spacial score (nSPS) is 10.4. The molecule has 0 aliphatic heterocycles. The van der Waals surface area contributed by atoms with Crippen LogP contribution in [0.1, 0.15) is 0 Å². The Kier molecular flexibility index (Phi) is 11.9. The molecule has 0 saturated heterocycles. The van der Waals surface area contributed by atoms with E-state index in [1.165, 1.54) is 46.0 Å². The maximum absolute atomic E-state index is 9.94. The molecule has 0 radical (unpaired) electrons. The van der Waals surface area contributed by atoms with Gasteiger partial charge in [-0.15, -0.1) is 0 Å². The van der Waals surface area contributed by atoms with Gasteiger partial charge in [0.05, 0.1) is 0 Å². The van der Waals surface area contributed by atoms with Gasteiger partial charge in [-0.1, -0.05) is 0 Å². The molecule has 0 fully saturated rings. The van der Waals surface area contributed by atoms with Crippen molar-refractivity contribution in [2.24, 2.45) is 0 Å². The number of hydrogen-bond acceptors (Lipinski definition) is 4. The maximum atomic E-state index is 9.94. The third kappa shape index (κ3) is 7.31. The van der Waals surface area contributed by atoms with Gasteiger partial charge in [0, 0.05) is 0 Å². The summed E-state index contributed by atoms with van der Waals surface area (Å²) in [6.45, 7) is 0. The van der Waals surface area contributed by atoms with Crippen molar-refractivity contribution in [2.45, 2.75) is 0 Å². The van der Waals surface area contributed by atoms with Gasteiger partial charge < -0.3 is 4.89 Å². The van der Waals surface area contributed by atoms with E-state index in [1.807, 2.05) is 0 Å². The van der Waals surface area contributed by atoms with Gasteiger partial charge in [0.25, 0.3) is 7.82 Å². The third-order valence-electron chi connectivity index (χ3n) is 0.169. The Morgan fingerprint density at radius 3 is 1.62 bits per heavy atom. The summed E-state index contributed by atoms with van der Waals surface area (Å²) in [5.41, 5.74) is 0. The summed E-state index contributed by atoms with van der Waals surface area (Å²) in [5.74, 6) is 0. The Balaban J connectivity index is 0. The second-order valence-electron chi connectivity index (χ2n) is 0.585. The predicted molar refractivity (Wildman–Crippen MR) is 37.8 cm³/mol. The third-order valence-corrected chi connectivity index (χ3v) is 3.40. The van der Waals surface area contributed by atoms with Crippen LogP contribution in [0.2, 0.25) is 0 Å². The number of hydrogen-bond donors (Lipinski definition) is 0. The van der Waals surface area contributed by atoms with Crippen molar-refractivity contribution in [1.82, 2.24) is 0 Å². The van der Waals surface area contributed by atoms with Crippen LogP contribution in [-0.4, -0.2) is 0 Å². The zero-order valence-corrected chi connectivity index (χ0v) is 12.2. The summed E-state index contributed by atoms with van der Waals surface area (Å²) in [6, 6.07) is 0. The van der Waals surface area contributed by atoms with E-state index >= 15 is 0 Å². The van der Waals surface area contributed by atoms with E-state index in [-0.39, 0.29) is 51.4 Å². The van der Waals surface area contributed by atoms with E-state index < -0.39 is 7.82 Å². The van der Waals surface area contributed by atoms with Gasteiger partial charge in [-0.05, 0) is 0 Å². The molecule has 0 amide bonds.